The van der Waals surface area contributed by atoms with Crippen molar-refractivity contribution in [2.24, 2.45) is 0 Å². The van der Waals surface area contributed by atoms with Gasteiger partial charge in [-0.3, -0.25) is 14.2 Å². The molecule has 0 aromatic rings. The number of unbranched alkanes of at least 4 members (excludes halogenated alkanes) is 19. The minimum absolute atomic E-state index is 0.0340. The summed E-state index contributed by atoms with van der Waals surface area (Å²) in [6.07, 6.45) is 40.2. The predicted octanol–water partition coefficient (Wildman–Crippen LogP) is 11.5. The molecule has 0 aliphatic carbocycles. The number of ether oxygens (including phenoxy) is 2. The number of esters is 2. The molecule has 54 heavy (non-hydrogen) atoms. The highest BCUT2D eigenvalue weighted by Crippen LogP contribution is 2.38. The molecule has 2 atom stereocenters. The maximum absolute atomic E-state index is 12.7. The average molecular weight is 784 g/mol. The first-order valence-electron chi connectivity index (χ1n) is 21.7. The molecule has 0 fully saturated rings. The van der Waals surface area contributed by atoms with Crippen LogP contribution in [-0.4, -0.2) is 70.0 Å². The number of quaternary nitrogens is 1. The Labute approximate surface area is 331 Å². The van der Waals surface area contributed by atoms with Crippen molar-refractivity contribution in [3.05, 3.63) is 36.5 Å². The lowest BCUT2D eigenvalue weighted by atomic mass is 10.1. The predicted molar refractivity (Wildman–Crippen MR) is 222 cm³/mol. The molecule has 0 aliphatic rings. The van der Waals surface area contributed by atoms with Gasteiger partial charge < -0.3 is 27.9 Å². The largest absolute Gasteiger partial charge is 0.756 e. The zero-order valence-electron chi connectivity index (χ0n) is 35.4. The third-order valence-electron chi connectivity index (χ3n) is 9.13. The van der Waals surface area contributed by atoms with Crippen molar-refractivity contribution in [3.63, 3.8) is 0 Å². The SMILES string of the molecule is CCCCC/C=C\C/C=C\CCCCCCCCCC(=O)OC(COC(=O)CCCCCCC/C=C\CCCCCC)COP(=O)([O-])OCC[N+](C)(C)C. The smallest absolute Gasteiger partial charge is 0.306 e. The number of allylic oxidation sites excluding steroid dienone is 6. The standard InChI is InChI=1S/C44H82NO8P/c1-6-8-10-12-14-16-18-20-21-22-23-25-27-29-31-33-35-37-44(47)53-42(41-52-54(48,49)51-39-38-45(3,4)5)40-50-43(46)36-34-32-30-28-26-24-19-17-15-13-11-9-7-2/h14,16-17,19-21,42H,6-13,15,18,22-41H2,1-5H3/b16-14-,19-17-,21-20-. The van der Waals surface area contributed by atoms with Gasteiger partial charge in [0.25, 0.3) is 7.82 Å². The highest BCUT2D eigenvalue weighted by molar-refractivity contribution is 7.45. The summed E-state index contributed by atoms with van der Waals surface area (Å²) >= 11 is 0. The van der Waals surface area contributed by atoms with Gasteiger partial charge in [0, 0.05) is 12.8 Å². The summed E-state index contributed by atoms with van der Waals surface area (Å²) in [5.74, 6) is -0.854. The van der Waals surface area contributed by atoms with E-state index in [0.717, 1.165) is 70.6 Å². The second-order valence-electron chi connectivity index (χ2n) is 15.7. The first kappa shape index (κ1) is 52.2. The van der Waals surface area contributed by atoms with Crippen LogP contribution >= 0.6 is 7.82 Å². The first-order chi connectivity index (χ1) is 26.0. The van der Waals surface area contributed by atoms with E-state index in [1.807, 2.05) is 21.1 Å². The molecule has 0 amide bonds. The fourth-order valence-corrected chi connectivity index (χ4v) is 6.41. The Morgan fingerprint density at radius 3 is 1.52 bits per heavy atom. The Morgan fingerprint density at radius 1 is 0.574 bits per heavy atom. The van der Waals surface area contributed by atoms with Crippen molar-refractivity contribution in [1.29, 1.82) is 0 Å². The lowest BCUT2D eigenvalue weighted by Crippen LogP contribution is -2.37. The van der Waals surface area contributed by atoms with Gasteiger partial charge >= 0.3 is 11.9 Å². The fourth-order valence-electron chi connectivity index (χ4n) is 5.68. The normalized spacial score (nSPS) is 14.0. The van der Waals surface area contributed by atoms with Crippen molar-refractivity contribution in [3.8, 4) is 0 Å². The number of carbonyl (C=O) groups is 2. The zero-order valence-corrected chi connectivity index (χ0v) is 36.3. The lowest BCUT2D eigenvalue weighted by molar-refractivity contribution is -0.870. The van der Waals surface area contributed by atoms with Crippen molar-refractivity contribution in [1.82, 2.24) is 0 Å². The molecule has 10 heteroatoms. The van der Waals surface area contributed by atoms with Crippen molar-refractivity contribution in [2.75, 3.05) is 47.5 Å². The third-order valence-corrected chi connectivity index (χ3v) is 10.1. The maximum atomic E-state index is 12.7. The molecule has 0 aliphatic heterocycles. The summed E-state index contributed by atoms with van der Waals surface area (Å²) in [6.45, 7) is 4.16. The van der Waals surface area contributed by atoms with E-state index in [1.54, 1.807) is 0 Å². The molecule has 0 radical (unpaired) electrons. The number of nitrogens with zero attached hydrogens (tertiary/aromatic N) is 1. The molecule has 0 rings (SSSR count). The number of rotatable bonds is 39. The third kappa shape index (κ3) is 39.9. The molecule has 316 valence electrons. The van der Waals surface area contributed by atoms with E-state index in [2.05, 4.69) is 50.3 Å². The molecule has 0 spiro atoms. The van der Waals surface area contributed by atoms with Crippen LogP contribution in [0.1, 0.15) is 181 Å². The van der Waals surface area contributed by atoms with Gasteiger partial charge in [-0.2, -0.15) is 0 Å². The van der Waals surface area contributed by atoms with Crippen LogP contribution < -0.4 is 4.89 Å². The molecular weight excluding hydrogens is 701 g/mol. The maximum Gasteiger partial charge on any atom is 0.306 e. The summed E-state index contributed by atoms with van der Waals surface area (Å²) < 4.78 is 33.9. The van der Waals surface area contributed by atoms with Crippen LogP contribution in [-0.2, 0) is 32.7 Å². The monoisotopic (exact) mass is 784 g/mol. The number of phosphoric ester groups is 1. The van der Waals surface area contributed by atoms with Crippen LogP contribution in [0.3, 0.4) is 0 Å². The van der Waals surface area contributed by atoms with Crippen LogP contribution in [0.25, 0.3) is 0 Å². The summed E-state index contributed by atoms with van der Waals surface area (Å²) in [5, 5.41) is 0. The first-order valence-corrected chi connectivity index (χ1v) is 23.2. The van der Waals surface area contributed by atoms with Crippen LogP contribution in [0.15, 0.2) is 36.5 Å². The molecular formula is C44H82NO8P. The summed E-state index contributed by atoms with van der Waals surface area (Å²) in [7, 11) is 1.15. The minimum atomic E-state index is -4.63. The number of hydrogen-bond donors (Lipinski definition) is 0. The molecule has 2 unspecified atom stereocenters. The highest BCUT2D eigenvalue weighted by Gasteiger charge is 2.21. The van der Waals surface area contributed by atoms with E-state index in [0.29, 0.717) is 17.4 Å². The number of likely N-dealkylation sites (N-methyl/N-ethyl adjacent to an activating group) is 1. The van der Waals surface area contributed by atoms with E-state index in [4.69, 9.17) is 18.5 Å². The Hall–Kier alpha value is -1.77. The van der Waals surface area contributed by atoms with Gasteiger partial charge in [0.1, 0.15) is 19.8 Å². The molecule has 0 aromatic heterocycles. The minimum Gasteiger partial charge on any atom is -0.756 e. The van der Waals surface area contributed by atoms with E-state index in [-0.39, 0.29) is 26.1 Å². The van der Waals surface area contributed by atoms with E-state index < -0.39 is 32.5 Å². The number of phosphoric acid groups is 1. The lowest BCUT2D eigenvalue weighted by Gasteiger charge is -2.28. The van der Waals surface area contributed by atoms with E-state index >= 15 is 0 Å². The van der Waals surface area contributed by atoms with Gasteiger partial charge in [-0.25, -0.2) is 0 Å². The van der Waals surface area contributed by atoms with Gasteiger partial charge in [-0.05, 0) is 70.6 Å². The van der Waals surface area contributed by atoms with E-state index in [9.17, 15) is 19.0 Å². The Bertz CT molecular complexity index is 1020. The Morgan fingerprint density at radius 2 is 1.00 bits per heavy atom. The van der Waals surface area contributed by atoms with Crippen molar-refractivity contribution < 1.29 is 42.1 Å². The highest BCUT2D eigenvalue weighted by atomic mass is 31.2. The molecule has 0 heterocycles. The van der Waals surface area contributed by atoms with Crippen molar-refractivity contribution in [2.45, 2.75) is 187 Å². The Balaban J connectivity index is 4.39. The van der Waals surface area contributed by atoms with E-state index in [1.165, 1.54) is 77.0 Å². The topological polar surface area (TPSA) is 111 Å². The van der Waals surface area contributed by atoms with Crippen LogP contribution in [0.2, 0.25) is 0 Å². The molecule has 0 saturated heterocycles. The zero-order chi connectivity index (χ0) is 40.0. The summed E-state index contributed by atoms with van der Waals surface area (Å²) in [4.78, 5) is 37.5. The number of hydrogen-bond acceptors (Lipinski definition) is 8. The molecule has 0 N–H and O–H groups in total. The number of carbonyl (C=O) groups excluding carboxylic acids is 2. The van der Waals surface area contributed by atoms with Gasteiger partial charge in [0.15, 0.2) is 6.10 Å². The Kier molecular flexibility index (Phi) is 35.6. The fraction of sp³-hybridized carbons (Fsp3) is 0.818. The quantitative estimate of drug-likeness (QED) is 0.0199. The van der Waals surface area contributed by atoms with Gasteiger partial charge in [0.05, 0.1) is 27.7 Å². The second-order valence-corrected chi connectivity index (χ2v) is 17.1. The molecule has 0 saturated carbocycles. The van der Waals surface area contributed by atoms with Gasteiger partial charge in [-0.15, -0.1) is 0 Å². The summed E-state index contributed by atoms with van der Waals surface area (Å²) in [5.41, 5.74) is 0. The van der Waals surface area contributed by atoms with Crippen LogP contribution in [0.5, 0.6) is 0 Å². The van der Waals surface area contributed by atoms with Gasteiger partial charge in [0.2, 0.25) is 0 Å². The molecule has 0 aromatic carbocycles. The van der Waals surface area contributed by atoms with Crippen LogP contribution in [0.4, 0.5) is 0 Å². The van der Waals surface area contributed by atoms with Crippen LogP contribution in [0, 0.1) is 0 Å². The summed E-state index contributed by atoms with van der Waals surface area (Å²) in [6, 6.07) is 0. The second kappa shape index (κ2) is 36.8. The van der Waals surface area contributed by atoms with Crippen molar-refractivity contribution >= 4 is 19.8 Å². The molecule has 0 bridgehead atoms. The molecule has 9 nitrogen and oxygen atoms in total. The van der Waals surface area contributed by atoms with Gasteiger partial charge in [-0.1, -0.05) is 134 Å². The average Bonchev–Trinajstić information content (AvgIpc) is 3.12.